The van der Waals surface area contributed by atoms with Gasteiger partial charge in [-0.3, -0.25) is 9.36 Å². The molecule has 0 aromatic carbocycles. The largest absolute Gasteiger partial charge is 0.467 e. The van der Waals surface area contributed by atoms with Gasteiger partial charge >= 0.3 is 0 Å². The zero-order chi connectivity index (χ0) is 18.7. The van der Waals surface area contributed by atoms with Crippen LogP contribution in [0, 0.1) is 11.8 Å². The Morgan fingerprint density at radius 1 is 1.38 bits per heavy atom. The van der Waals surface area contributed by atoms with Crippen LogP contribution in [0.25, 0.3) is 0 Å². The van der Waals surface area contributed by atoms with E-state index in [1.807, 2.05) is 30.5 Å². The third-order valence-electron chi connectivity index (χ3n) is 4.78. The Labute approximate surface area is 158 Å². The molecule has 0 radical (unpaired) electrons. The third-order valence-corrected chi connectivity index (χ3v) is 6.32. The fraction of sp³-hybridized carbons (Fsp3) is 0.611. The van der Waals surface area contributed by atoms with Crippen LogP contribution in [-0.4, -0.2) is 39.0 Å². The van der Waals surface area contributed by atoms with Crippen molar-refractivity contribution in [1.29, 1.82) is 0 Å². The first-order valence-electron chi connectivity index (χ1n) is 9.12. The molecular formula is C18H27N5O2S. The van der Waals surface area contributed by atoms with Crippen molar-refractivity contribution in [3.8, 4) is 0 Å². The van der Waals surface area contributed by atoms with E-state index in [-0.39, 0.29) is 17.1 Å². The minimum Gasteiger partial charge on any atom is -0.467 e. The number of hydrogen-bond donors (Lipinski definition) is 1. The van der Waals surface area contributed by atoms with E-state index in [4.69, 9.17) is 10.2 Å². The zero-order valence-electron chi connectivity index (χ0n) is 15.6. The number of amides is 1. The highest BCUT2D eigenvalue weighted by atomic mass is 32.2. The summed E-state index contributed by atoms with van der Waals surface area (Å²) in [4.78, 5) is 14.1. The number of anilines is 1. The van der Waals surface area contributed by atoms with Crippen LogP contribution < -0.4 is 10.6 Å². The summed E-state index contributed by atoms with van der Waals surface area (Å²) in [7, 11) is 0. The van der Waals surface area contributed by atoms with E-state index in [9.17, 15) is 4.79 Å². The number of furan rings is 1. The molecule has 2 aromatic rings. The second kappa shape index (κ2) is 8.16. The maximum Gasteiger partial charge on any atom is 0.231 e. The van der Waals surface area contributed by atoms with Crippen molar-refractivity contribution in [3.05, 3.63) is 24.2 Å². The third kappa shape index (κ3) is 4.23. The summed E-state index contributed by atoms with van der Waals surface area (Å²) < 4.78 is 7.56. The van der Waals surface area contributed by atoms with E-state index in [2.05, 4.69) is 22.0 Å². The average molecular weight is 378 g/mol. The highest BCUT2D eigenvalue weighted by molar-refractivity contribution is 8.00. The van der Waals surface area contributed by atoms with Gasteiger partial charge in [0.2, 0.25) is 11.9 Å². The van der Waals surface area contributed by atoms with Gasteiger partial charge in [0.25, 0.3) is 0 Å². The maximum absolute atomic E-state index is 11.8. The van der Waals surface area contributed by atoms with Gasteiger partial charge in [-0.2, -0.15) is 0 Å². The Morgan fingerprint density at radius 2 is 2.12 bits per heavy atom. The van der Waals surface area contributed by atoms with Gasteiger partial charge in [-0.15, -0.1) is 10.2 Å². The Bertz CT molecular complexity index is 720. The van der Waals surface area contributed by atoms with Gasteiger partial charge in [0.05, 0.1) is 18.1 Å². The van der Waals surface area contributed by atoms with E-state index in [0.717, 1.165) is 43.6 Å². The van der Waals surface area contributed by atoms with Gasteiger partial charge < -0.3 is 15.1 Å². The molecule has 1 amide bonds. The molecule has 3 rings (SSSR count). The summed E-state index contributed by atoms with van der Waals surface area (Å²) >= 11 is 1.39. The first-order valence-corrected chi connectivity index (χ1v) is 10.00. The fourth-order valence-corrected chi connectivity index (χ4v) is 4.12. The van der Waals surface area contributed by atoms with Crippen molar-refractivity contribution >= 4 is 23.6 Å². The number of nitrogens with zero attached hydrogens (tertiary/aromatic N) is 4. The van der Waals surface area contributed by atoms with Crippen molar-refractivity contribution in [2.45, 2.75) is 50.6 Å². The lowest BCUT2D eigenvalue weighted by Gasteiger charge is -2.31. The van der Waals surface area contributed by atoms with Gasteiger partial charge in [-0.1, -0.05) is 32.5 Å². The first-order chi connectivity index (χ1) is 12.5. The molecule has 1 aliphatic rings. The molecule has 1 fully saturated rings. The molecule has 0 aliphatic carbocycles. The molecule has 3 heterocycles. The first kappa shape index (κ1) is 18.8. The van der Waals surface area contributed by atoms with E-state index in [0.29, 0.717) is 11.7 Å². The Hall–Kier alpha value is -1.96. The molecule has 0 spiro atoms. The Kier molecular flexibility index (Phi) is 5.90. The summed E-state index contributed by atoms with van der Waals surface area (Å²) in [5.41, 5.74) is 5.59. The predicted octanol–water partition coefficient (Wildman–Crippen LogP) is 2.76. The Morgan fingerprint density at radius 3 is 2.69 bits per heavy atom. The predicted molar refractivity (Wildman–Crippen MR) is 102 cm³/mol. The highest BCUT2D eigenvalue weighted by Crippen LogP contribution is 2.31. The standard InChI is InChI=1S/C18H27N5O2S/c1-12(2)15(16(19)24)26-18-21-20-17(22-8-6-13(3)7-9-22)23(18)11-14-5-4-10-25-14/h4-5,10,12-13,15H,6-9,11H2,1-3H3,(H2,19,24). The molecular weight excluding hydrogens is 350 g/mol. The molecule has 8 heteroatoms. The quantitative estimate of drug-likeness (QED) is 0.746. The summed E-state index contributed by atoms with van der Waals surface area (Å²) in [6.07, 6.45) is 3.95. The molecule has 2 N–H and O–H groups in total. The molecule has 1 aliphatic heterocycles. The second-order valence-electron chi connectivity index (χ2n) is 7.30. The zero-order valence-corrected chi connectivity index (χ0v) is 16.4. The molecule has 142 valence electrons. The number of piperidine rings is 1. The van der Waals surface area contributed by atoms with E-state index >= 15 is 0 Å². The lowest BCUT2D eigenvalue weighted by molar-refractivity contribution is -0.118. The molecule has 1 atom stereocenters. The van der Waals surface area contributed by atoms with E-state index in [1.165, 1.54) is 11.8 Å². The minimum atomic E-state index is -0.344. The number of rotatable bonds is 7. The van der Waals surface area contributed by atoms with Crippen LogP contribution in [0.5, 0.6) is 0 Å². The van der Waals surface area contributed by atoms with Crippen LogP contribution in [0.15, 0.2) is 28.0 Å². The van der Waals surface area contributed by atoms with Gasteiger partial charge in [-0.25, -0.2) is 0 Å². The molecule has 26 heavy (non-hydrogen) atoms. The highest BCUT2D eigenvalue weighted by Gasteiger charge is 2.27. The molecule has 1 unspecified atom stereocenters. The molecule has 2 aromatic heterocycles. The average Bonchev–Trinajstić information content (AvgIpc) is 3.23. The number of hydrogen-bond acceptors (Lipinski definition) is 6. The molecule has 1 saturated heterocycles. The summed E-state index contributed by atoms with van der Waals surface area (Å²) in [6.45, 7) is 8.72. The van der Waals surface area contributed by atoms with Crippen molar-refractivity contribution in [2.75, 3.05) is 18.0 Å². The summed E-state index contributed by atoms with van der Waals surface area (Å²) in [5, 5.41) is 9.18. The SMILES string of the molecule is CC1CCN(c2nnc(SC(C(N)=O)C(C)C)n2Cc2ccco2)CC1. The van der Waals surface area contributed by atoms with E-state index < -0.39 is 0 Å². The number of thioether (sulfide) groups is 1. The lowest BCUT2D eigenvalue weighted by atomic mass is 10.00. The number of primary amides is 1. The van der Waals surface area contributed by atoms with E-state index in [1.54, 1.807) is 6.26 Å². The van der Waals surface area contributed by atoms with Crippen LogP contribution in [0.3, 0.4) is 0 Å². The number of carbonyl (C=O) groups is 1. The number of carbonyl (C=O) groups excluding carboxylic acids is 1. The van der Waals surface area contributed by atoms with Gasteiger partial charge in [0.1, 0.15) is 5.76 Å². The molecule has 0 bridgehead atoms. The Balaban J connectivity index is 1.89. The maximum atomic E-state index is 11.8. The molecule has 7 nitrogen and oxygen atoms in total. The fourth-order valence-electron chi connectivity index (χ4n) is 3.14. The van der Waals surface area contributed by atoms with Crippen LogP contribution in [0.4, 0.5) is 5.95 Å². The van der Waals surface area contributed by atoms with Crippen LogP contribution in [0.1, 0.15) is 39.4 Å². The summed E-state index contributed by atoms with van der Waals surface area (Å²) in [5.74, 6) is 2.19. The minimum absolute atomic E-state index is 0.116. The second-order valence-corrected chi connectivity index (χ2v) is 8.41. The van der Waals surface area contributed by atoms with Gasteiger partial charge in [0.15, 0.2) is 5.16 Å². The van der Waals surface area contributed by atoms with Crippen LogP contribution >= 0.6 is 11.8 Å². The van der Waals surface area contributed by atoms with Crippen molar-refractivity contribution < 1.29 is 9.21 Å². The van der Waals surface area contributed by atoms with Crippen LogP contribution in [-0.2, 0) is 11.3 Å². The van der Waals surface area contributed by atoms with Gasteiger partial charge in [-0.05, 0) is 36.8 Å². The number of aromatic nitrogens is 3. The van der Waals surface area contributed by atoms with Crippen molar-refractivity contribution in [2.24, 2.45) is 17.6 Å². The van der Waals surface area contributed by atoms with Crippen molar-refractivity contribution in [3.63, 3.8) is 0 Å². The topological polar surface area (TPSA) is 90.2 Å². The number of nitrogens with two attached hydrogens (primary N) is 1. The van der Waals surface area contributed by atoms with Gasteiger partial charge in [0, 0.05) is 13.1 Å². The smallest absolute Gasteiger partial charge is 0.231 e. The summed E-state index contributed by atoms with van der Waals surface area (Å²) in [6, 6.07) is 3.81. The normalized spacial score (nSPS) is 17.0. The lowest BCUT2D eigenvalue weighted by Crippen LogP contribution is -2.35. The monoisotopic (exact) mass is 377 g/mol. The van der Waals surface area contributed by atoms with Crippen molar-refractivity contribution in [1.82, 2.24) is 14.8 Å². The molecule has 0 saturated carbocycles. The van der Waals surface area contributed by atoms with Crippen LogP contribution in [0.2, 0.25) is 0 Å².